The van der Waals surface area contributed by atoms with Gasteiger partial charge in [-0.1, -0.05) is 13.0 Å². The molecule has 2 N–H and O–H groups in total. The van der Waals surface area contributed by atoms with Crippen LogP contribution in [0.3, 0.4) is 0 Å². The number of aromatic amines is 1. The number of aromatic nitrogens is 4. The van der Waals surface area contributed by atoms with Crippen LogP contribution in [0.25, 0.3) is 11.6 Å². The molecular formula is C21H17F4N5O2. The van der Waals surface area contributed by atoms with E-state index < -0.39 is 40.5 Å². The topological polar surface area (TPSA) is 101 Å². The monoisotopic (exact) mass is 447 g/mol. The van der Waals surface area contributed by atoms with Crippen molar-refractivity contribution in [2.45, 2.75) is 32.0 Å². The smallest absolute Gasteiger partial charge is 0.343 e. The molecule has 4 rings (SSSR count). The summed E-state index contributed by atoms with van der Waals surface area (Å²) in [7, 11) is 0. The molecule has 32 heavy (non-hydrogen) atoms. The normalized spacial score (nSPS) is 15.8. The Hall–Kier alpha value is -3.63. The predicted octanol–water partition coefficient (Wildman–Crippen LogP) is 3.66. The van der Waals surface area contributed by atoms with Gasteiger partial charge in [-0.3, -0.25) is 9.59 Å². The molecule has 0 unspecified atom stereocenters. The van der Waals surface area contributed by atoms with Gasteiger partial charge in [0, 0.05) is 18.5 Å². The Morgan fingerprint density at radius 1 is 1.19 bits per heavy atom. The molecule has 1 aromatic carbocycles. The quantitative estimate of drug-likeness (QED) is 0.582. The number of H-pyrrole nitrogens is 1. The minimum absolute atomic E-state index is 0.0157. The first kappa shape index (κ1) is 21.6. The summed E-state index contributed by atoms with van der Waals surface area (Å²) in [6.45, 7) is 1.84. The number of alkyl halides is 3. The van der Waals surface area contributed by atoms with Crippen LogP contribution < -0.4 is 10.9 Å². The molecule has 1 saturated carbocycles. The molecule has 2 heterocycles. The highest BCUT2D eigenvalue weighted by Gasteiger charge is 2.47. The van der Waals surface area contributed by atoms with Gasteiger partial charge in [-0.25, -0.2) is 19.3 Å². The van der Waals surface area contributed by atoms with Gasteiger partial charge in [0.15, 0.2) is 11.6 Å². The third-order valence-electron chi connectivity index (χ3n) is 5.39. The third kappa shape index (κ3) is 4.36. The van der Waals surface area contributed by atoms with Crippen molar-refractivity contribution in [3.05, 3.63) is 75.7 Å². The summed E-state index contributed by atoms with van der Waals surface area (Å²) in [6, 6.07) is 4.38. The number of nitrogens with zero attached hydrogens (tertiary/aromatic N) is 3. The summed E-state index contributed by atoms with van der Waals surface area (Å²) in [5.41, 5.74) is -2.48. The predicted molar refractivity (Wildman–Crippen MR) is 105 cm³/mol. The van der Waals surface area contributed by atoms with Crippen molar-refractivity contribution >= 4 is 5.91 Å². The van der Waals surface area contributed by atoms with Gasteiger partial charge < -0.3 is 10.3 Å². The fourth-order valence-corrected chi connectivity index (χ4v) is 3.39. The molecule has 166 valence electrons. The first-order valence-corrected chi connectivity index (χ1v) is 9.63. The standard InChI is InChI=1S/C21H17F4N5O2/c1-20(5-6-20)16(11-3-4-12(13(22)9-11)21(23,24)25)30-19(32)14-10-15(31)29-18(28-14)17-26-7-2-8-27-17/h2-4,7-10,16H,5-6H2,1H3,(H,30,32)(H,28,29,31)/t16-/m0/s1. The van der Waals surface area contributed by atoms with E-state index in [1.54, 1.807) is 6.07 Å². The van der Waals surface area contributed by atoms with Crippen molar-refractivity contribution in [1.82, 2.24) is 25.3 Å². The Morgan fingerprint density at radius 2 is 1.88 bits per heavy atom. The van der Waals surface area contributed by atoms with Crippen molar-refractivity contribution in [2.24, 2.45) is 5.41 Å². The van der Waals surface area contributed by atoms with Gasteiger partial charge in [-0.2, -0.15) is 13.2 Å². The summed E-state index contributed by atoms with van der Waals surface area (Å²) in [6.07, 6.45) is -0.564. The molecule has 0 radical (unpaired) electrons. The number of benzene rings is 1. The average Bonchev–Trinajstić information content (AvgIpc) is 3.49. The molecule has 1 amide bonds. The summed E-state index contributed by atoms with van der Waals surface area (Å²) in [4.78, 5) is 39.5. The fraction of sp³-hybridized carbons (Fsp3) is 0.286. The number of hydrogen-bond acceptors (Lipinski definition) is 5. The summed E-state index contributed by atoms with van der Waals surface area (Å²) in [5, 5.41) is 2.70. The maximum atomic E-state index is 14.2. The zero-order valence-corrected chi connectivity index (χ0v) is 16.7. The first-order chi connectivity index (χ1) is 15.1. The van der Waals surface area contributed by atoms with Crippen LogP contribution in [0.2, 0.25) is 0 Å². The van der Waals surface area contributed by atoms with Gasteiger partial charge in [0.1, 0.15) is 11.5 Å². The number of carbonyl (C=O) groups is 1. The number of halogens is 4. The van der Waals surface area contributed by atoms with Gasteiger partial charge in [0.25, 0.3) is 11.5 Å². The zero-order chi connectivity index (χ0) is 23.1. The van der Waals surface area contributed by atoms with Crippen molar-refractivity contribution in [2.75, 3.05) is 0 Å². The molecular weight excluding hydrogens is 430 g/mol. The molecule has 1 aliphatic carbocycles. The molecule has 0 aliphatic heterocycles. The van der Waals surface area contributed by atoms with Crippen LogP contribution >= 0.6 is 0 Å². The van der Waals surface area contributed by atoms with E-state index in [0.717, 1.165) is 18.2 Å². The molecule has 1 atom stereocenters. The summed E-state index contributed by atoms with van der Waals surface area (Å²) < 4.78 is 52.9. The van der Waals surface area contributed by atoms with Crippen LogP contribution in [0.1, 0.15) is 47.4 Å². The average molecular weight is 447 g/mol. The maximum absolute atomic E-state index is 14.2. The molecule has 0 spiro atoms. The lowest BCUT2D eigenvalue weighted by atomic mass is 9.90. The summed E-state index contributed by atoms with van der Waals surface area (Å²) >= 11 is 0. The van der Waals surface area contributed by atoms with Gasteiger partial charge in [0.05, 0.1) is 11.6 Å². The molecule has 0 saturated heterocycles. The largest absolute Gasteiger partial charge is 0.419 e. The van der Waals surface area contributed by atoms with E-state index in [4.69, 9.17) is 0 Å². The number of rotatable bonds is 5. The van der Waals surface area contributed by atoms with Gasteiger partial charge in [0.2, 0.25) is 0 Å². The van der Waals surface area contributed by atoms with Crippen molar-refractivity contribution < 1.29 is 22.4 Å². The second-order valence-corrected chi connectivity index (χ2v) is 7.85. The van der Waals surface area contributed by atoms with Crippen LogP contribution in [0.4, 0.5) is 17.6 Å². The summed E-state index contributed by atoms with van der Waals surface area (Å²) in [5.74, 6) is -2.06. The second kappa shape index (κ2) is 7.81. The molecule has 1 aliphatic rings. The van der Waals surface area contributed by atoms with Crippen LogP contribution in [0, 0.1) is 11.2 Å². The Balaban J connectivity index is 1.65. The Kier molecular flexibility index (Phi) is 5.27. The van der Waals surface area contributed by atoms with E-state index in [2.05, 4.69) is 25.3 Å². The van der Waals surface area contributed by atoms with E-state index >= 15 is 0 Å². The maximum Gasteiger partial charge on any atom is 0.419 e. The Morgan fingerprint density at radius 3 is 2.47 bits per heavy atom. The number of hydrogen-bond donors (Lipinski definition) is 2. The lowest BCUT2D eigenvalue weighted by Crippen LogP contribution is -2.35. The third-order valence-corrected chi connectivity index (χ3v) is 5.39. The minimum atomic E-state index is -4.82. The van der Waals surface area contributed by atoms with Crippen molar-refractivity contribution in [3.63, 3.8) is 0 Å². The van der Waals surface area contributed by atoms with Crippen LogP contribution in [0.5, 0.6) is 0 Å². The fourth-order valence-electron chi connectivity index (χ4n) is 3.39. The number of carbonyl (C=O) groups excluding carboxylic acids is 1. The molecule has 2 aromatic heterocycles. The molecule has 11 heteroatoms. The highest BCUT2D eigenvalue weighted by atomic mass is 19.4. The van der Waals surface area contributed by atoms with Gasteiger partial charge >= 0.3 is 6.18 Å². The number of nitrogens with one attached hydrogen (secondary N) is 2. The molecule has 1 fully saturated rings. The van der Waals surface area contributed by atoms with E-state index in [1.807, 2.05) is 6.92 Å². The first-order valence-electron chi connectivity index (χ1n) is 9.63. The molecule has 0 bridgehead atoms. The van der Waals surface area contributed by atoms with Crippen molar-refractivity contribution in [3.8, 4) is 11.6 Å². The van der Waals surface area contributed by atoms with E-state index in [9.17, 15) is 27.2 Å². The van der Waals surface area contributed by atoms with Gasteiger partial charge in [-0.05, 0) is 42.0 Å². The van der Waals surface area contributed by atoms with Crippen molar-refractivity contribution in [1.29, 1.82) is 0 Å². The molecule has 3 aromatic rings. The Bertz CT molecular complexity index is 1220. The highest BCUT2D eigenvalue weighted by molar-refractivity contribution is 5.92. The van der Waals surface area contributed by atoms with Gasteiger partial charge in [-0.15, -0.1) is 0 Å². The van der Waals surface area contributed by atoms with Crippen LogP contribution in [-0.2, 0) is 6.18 Å². The van der Waals surface area contributed by atoms with E-state index in [0.29, 0.717) is 18.9 Å². The minimum Gasteiger partial charge on any atom is -0.343 e. The highest BCUT2D eigenvalue weighted by Crippen LogP contribution is 2.54. The molecule has 7 nitrogen and oxygen atoms in total. The van der Waals surface area contributed by atoms with E-state index in [1.165, 1.54) is 12.4 Å². The van der Waals surface area contributed by atoms with Crippen LogP contribution in [-0.4, -0.2) is 25.8 Å². The van der Waals surface area contributed by atoms with Crippen LogP contribution in [0.15, 0.2) is 47.5 Å². The second-order valence-electron chi connectivity index (χ2n) is 7.85. The Labute approximate surface area is 179 Å². The van der Waals surface area contributed by atoms with E-state index in [-0.39, 0.29) is 22.9 Å². The SMILES string of the molecule is CC1([C@@H](NC(=O)c2cc(=O)[nH]c(-c3ncccn3)n2)c2ccc(C(F)(F)F)c(F)c2)CC1. The lowest BCUT2D eigenvalue weighted by molar-refractivity contribution is -0.140. The lowest BCUT2D eigenvalue weighted by Gasteiger charge is -2.26. The number of amides is 1. The zero-order valence-electron chi connectivity index (χ0n) is 16.7.